The van der Waals surface area contributed by atoms with E-state index < -0.39 is 0 Å². The average molecular weight is 167 g/mol. The average Bonchev–Trinajstić information content (AvgIpc) is 2.83. The second kappa shape index (κ2) is 2.92. The maximum absolute atomic E-state index is 9.93. The number of nitrogens with one attached hydrogen (secondary N) is 1. The third-order valence-corrected chi connectivity index (χ3v) is 1.75. The summed E-state index contributed by atoms with van der Waals surface area (Å²) in [5.74, 6) is 1.73. The van der Waals surface area contributed by atoms with Crippen LogP contribution in [0.5, 0.6) is 0 Å². The van der Waals surface area contributed by atoms with Crippen LogP contribution in [-0.4, -0.2) is 16.6 Å². The van der Waals surface area contributed by atoms with E-state index in [1.165, 1.54) is 0 Å². The van der Waals surface area contributed by atoms with Gasteiger partial charge in [-0.25, -0.2) is 0 Å². The van der Waals surface area contributed by atoms with Crippen molar-refractivity contribution in [2.24, 2.45) is 0 Å². The Labute approximate surface area is 69.1 Å². The van der Waals surface area contributed by atoms with Crippen molar-refractivity contribution in [3.63, 3.8) is 0 Å². The van der Waals surface area contributed by atoms with Crippen LogP contribution in [0.2, 0.25) is 0 Å². The summed E-state index contributed by atoms with van der Waals surface area (Å²) in [5.41, 5.74) is 0. The Morgan fingerprint density at radius 1 is 1.67 bits per heavy atom. The molecule has 1 fully saturated rings. The van der Waals surface area contributed by atoms with Crippen molar-refractivity contribution in [2.45, 2.75) is 25.3 Å². The van der Waals surface area contributed by atoms with E-state index in [1.54, 1.807) is 0 Å². The zero-order chi connectivity index (χ0) is 8.39. The number of rotatable bonds is 4. The predicted octanol–water partition coefficient (Wildman–Crippen LogP) is 0.193. The molecule has 5 heteroatoms. The fourth-order valence-electron chi connectivity index (χ4n) is 0.968. The topological polar surface area (TPSA) is 68.0 Å². The molecule has 12 heavy (non-hydrogen) atoms. The summed E-state index contributed by atoms with van der Waals surface area (Å²) in [6, 6.07) is 0. The minimum Gasteiger partial charge on any atom is -0.351 e. The highest BCUT2D eigenvalue weighted by Crippen LogP contribution is 2.38. The molecule has 0 bridgehead atoms. The molecular formula is C7H9N3O2. The van der Waals surface area contributed by atoms with Crippen molar-refractivity contribution in [1.82, 2.24) is 15.5 Å². The summed E-state index contributed by atoms with van der Waals surface area (Å²) in [7, 11) is 0. The van der Waals surface area contributed by atoms with Crippen LogP contribution in [0.25, 0.3) is 0 Å². The minimum absolute atomic E-state index is 0.347. The van der Waals surface area contributed by atoms with Gasteiger partial charge in [0.1, 0.15) is 0 Å². The van der Waals surface area contributed by atoms with Crippen LogP contribution in [0.3, 0.4) is 0 Å². The summed E-state index contributed by atoms with van der Waals surface area (Å²) in [4.78, 5) is 14.0. The molecule has 2 rings (SSSR count). The lowest BCUT2D eigenvalue weighted by Gasteiger charge is -1.87. The number of carbonyl (C=O) groups is 1. The molecule has 1 aliphatic rings. The van der Waals surface area contributed by atoms with Gasteiger partial charge in [0.25, 0.3) is 0 Å². The molecule has 0 saturated heterocycles. The summed E-state index contributed by atoms with van der Waals surface area (Å²) < 4.78 is 4.97. The SMILES string of the molecule is O=CNCc1noc(C2CC2)n1. The molecule has 0 radical (unpaired) electrons. The first-order valence-electron chi connectivity index (χ1n) is 3.89. The summed E-state index contributed by atoms with van der Waals surface area (Å²) in [6.07, 6.45) is 2.90. The van der Waals surface area contributed by atoms with E-state index in [2.05, 4.69) is 15.5 Å². The smallest absolute Gasteiger partial charge is 0.229 e. The third-order valence-electron chi connectivity index (χ3n) is 1.75. The van der Waals surface area contributed by atoms with E-state index in [-0.39, 0.29) is 0 Å². The monoisotopic (exact) mass is 167 g/mol. The van der Waals surface area contributed by atoms with Gasteiger partial charge in [-0.05, 0) is 12.8 Å². The molecule has 0 aliphatic heterocycles. The summed E-state index contributed by atoms with van der Waals surface area (Å²) >= 11 is 0. The first-order chi connectivity index (χ1) is 5.90. The Balaban J connectivity index is 1.98. The molecule has 1 saturated carbocycles. The Kier molecular flexibility index (Phi) is 1.77. The highest BCUT2D eigenvalue weighted by Gasteiger charge is 2.29. The normalized spacial score (nSPS) is 16.0. The van der Waals surface area contributed by atoms with Crippen LogP contribution in [-0.2, 0) is 11.3 Å². The first kappa shape index (κ1) is 7.27. The largest absolute Gasteiger partial charge is 0.351 e. The second-order valence-electron chi connectivity index (χ2n) is 2.82. The Morgan fingerprint density at radius 3 is 3.17 bits per heavy atom. The maximum atomic E-state index is 9.93. The van der Waals surface area contributed by atoms with Gasteiger partial charge in [0.2, 0.25) is 12.3 Å². The fourth-order valence-corrected chi connectivity index (χ4v) is 0.968. The molecule has 0 atom stereocenters. The van der Waals surface area contributed by atoms with Gasteiger partial charge in [-0.1, -0.05) is 5.16 Å². The van der Waals surface area contributed by atoms with Gasteiger partial charge in [0, 0.05) is 5.92 Å². The molecule has 1 aliphatic carbocycles. The minimum atomic E-state index is 0.347. The van der Waals surface area contributed by atoms with Crippen LogP contribution >= 0.6 is 0 Å². The van der Waals surface area contributed by atoms with E-state index >= 15 is 0 Å². The zero-order valence-corrected chi connectivity index (χ0v) is 6.49. The molecule has 1 aromatic heterocycles. The number of aromatic nitrogens is 2. The number of hydrogen-bond acceptors (Lipinski definition) is 4. The van der Waals surface area contributed by atoms with Crippen molar-refractivity contribution in [1.29, 1.82) is 0 Å². The van der Waals surface area contributed by atoms with Crippen molar-refractivity contribution in [3.8, 4) is 0 Å². The molecule has 5 nitrogen and oxygen atoms in total. The lowest BCUT2D eigenvalue weighted by molar-refractivity contribution is -0.109. The van der Waals surface area contributed by atoms with E-state index in [9.17, 15) is 4.79 Å². The summed E-state index contributed by atoms with van der Waals surface area (Å²) in [6.45, 7) is 0.347. The Bertz CT molecular complexity index is 280. The molecular weight excluding hydrogens is 158 g/mol. The number of hydrogen-bond donors (Lipinski definition) is 1. The van der Waals surface area contributed by atoms with E-state index in [0.29, 0.717) is 30.6 Å². The van der Waals surface area contributed by atoms with Gasteiger partial charge >= 0.3 is 0 Å². The van der Waals surface area contributed by atoms with Crippen LogP contribution < -0.4 is 5.32 Å². The molecule has 1 aromatic rings. The van der Waals surface area contributed by atoms with Crippen molar-refractivity contribution < 1.29 is 9.32 Å². The van der Waals surface area contributed by atoms with Crippen molar-refractivity contribution in [2.75, 3.05) is 0 Å². The van der Waals surface area contributed by atoms with E-state index in [1.807, 2.05) is 0 Å². The molecule has 1 N–H and O–H groups in total. The first-order valence-corrected chi connectivity index (χ1v) is 3.89. The summed E-state index contributed by atoms with van der Waals surface area (Å²) in [5, 5.41) is 6.18. The highest BCUT2D eigenvalue weighted by molar-refractivity contribution is 5.45. The van der Waals surface area contributed by atoms with Crippen molar-refractivity contribution >= 4 is 6.41 Å². The molecule has 64 valence electrons. The van der Waals surface area contributed by atoms with Crippen LogP contribution in [0.4, 0.5) is 0 Å². The van der Waals surface area contributed by atoms with Crippen molar-refractivity contribution in [3.05, 3.63) is 11.7 Å². The fraction of sp³-hybridized carbons (Fsp3) is 0.571. The van der Waals surface area contributed by atoms with Crippen LogP contribution in [0.1, 0.15) is 30.5 Å². The van der Waals surface area contributed by atoms with Gasteiger partial charge in [-0.2, -0.15) is 4.98 Å². The van der Waals surface area contributed by atoms with Gasteiger partial charge in [-0.3, -0.25) is 4.79 Å². The predicted molar refractivity (Wildman–Crippen MR) is 39.2 cm³/mol. The number of carbonyl (C=O) groups excluding carboxylic acids is 1. The van der Waals surface area contributed by atoms with E-state index in [0.717, 1.165) is 12.8 Å². The number of amides is 1. The molecule has 0 spiro atoms. The van der Waals surface area contributed by atoms with Crippen LogP contribution in [0.15, 0.2) is 4.52 Å². The van der Waals surface area contributed by atoms with Gasteiger partial charge in [-0.15, -0.1) is 0 Å². The standard InChI is InChI=1S/C7H9N3O2/c11-4-8-3-6-9-7(12-10-6)5-1-2-5/h4-5H,1-3H2,(H,8,11). The lowest BCUT2D eigenvalue weighted by atomic mass is 10.4. The Morgan fingerprint density at radius 2 is 2.50 bits per heavy atom. The molecule has 1 amide bonds. The Hall–Kier alpha value is -1.39. The second-order valence-corrected chi connectivity index (χ2v) is 2.82. The number of nitrogens with zero attached hydrogens (tertiary/aromatic N) is 2. The maximum Gasteiger partial charge on any atom is 0.229 e. The lowest BCUT2D eigenvalue weighted by Crippen LogP contribution is -2.10. The quantitative estimate of drug-likeness (QED) is 0.650. The highest BCUT2D eigenvalue weighted by atomic mass is 16.5. The van der Waals surface area contributed by atoms with Gasteiger partial charge in [0.05, 0.1) is 6.54 Å². The van der Waals surface area contributed by atoms with Crippen LogP contribution in [0, 0.1) is 0 Å². The zero-order valence-electron chi connectivity index (χ0n) is 6.49. The molecule has 1 heterocycles. The van der Waals surface area contributed by atoms with Gasteiger partial charge in [0.15, 0.2) is 5.82 Å². The molecule has 0 unspecified atom stereocenters. The molecule has 0 aromatic carbocycles. The van der Waals surface area contributed by atoms with Gasteiger partial charge < -0.3 is 9.84 Å². The van der Waals surface area contributed by atoms with E-state index in [4.69, 9.17) is 4.52 Å². The third kappa shape index (κ3) is 1.44.